The number of Topliss-reactive ketones (excluding diaryl/α,β-unsaturated/α-hetero) is 2. The van der Waals surface area contributed by atoms with Crippen LogP contribution in [0.4, 0.5) is 0 Å². The molecule has 2 aliphatic carbocycles. The van der Waals surface area contributed by atoms with E-state index in [0.717, 1.165) is 25.8 Å². The molecule has 7 heteroatoms. The zero-order chi connectivity index (χ0) is 33.3. The number of rotatable bonds is 13. The van der Waals surface area contributed by atoms with E-state index < -0.39 is 5.97 Å². The number of allylic oxidation sites excluding steroid dienone is 3. The molecule has 0 radical (unpaired) electrons. The molecule has 6 rings (SSSR count). The van der Waals surface area contributed by atoms with E-state index in [-0.39, 0.29) is 23.2 Å². The van der Waals surface area contributed by atoms with Crippen LogP contribution in [-0.2, 0) is 4.84 Å². The fraction of sp³-hybridized carbons (Fsp3) is 0.220. The van der Waals surface area contributed by atoms with Gasteiger partial charge in [0.2, 0.25) is 5.78 Å². The minimum atomic E-state index is -0.592. The van der Waals surface area contributed by atoms with Crippen LogP contribution in [0.2, 0.25) is 0 Å². The van der Waals surface area contributed by atoms with E-state index in [0.29, 0.717) is 35.6 Å². The number of hydrogen-bond acceptors (Lipinski definition) is 7. The third-order valence-electron chi connectivity index (χ3n) is 8.74. The van der Waals surface area contributed by atoms with Gasteiger partial charge in [-0.05, 0) is 85.7 Å². The van der Waals surface area contributed by atoms with Crippen molar-refractivity contribution >= 4 is 46.8 Å². The van der Waals surface area contributed by atoms with E-state index in [9.17, 15) is 14.4 Å². The third-order valence-corrected chi connectivity index (χ3v) is 10.8. The SMILES string of the molecule is Cc1ccccc1C(=O)ON=C(CCSc1ccc(C2CCC2)cc1)C(=O)c1ccc(SC2=CCC(C(=O)c3ccccc3)C=C2)cc1. The van der Waals surface area contributed by atoms with E-state index in [2.05, 4.69) is 35.5 Å². The maximum Gasteiger partial charge on any atom is 0.366 e. The number of carbonyl (C=O) groups excluding carboxylic acids is 3. The van der Waals surface area contributed by atoms with E-state index in [1.54, 1.807) is 47.8 Å². The number of aryl methyl sites for hydroxylation is 1. The van der Waals surface area contributed by atoms with Crippen LogP contribution in [0.15, 0.2) is 141 Å². The second-order valence-corrected chi connectivity index (χ2v) is 14.3. The summed E-state index contributed by atoms with van der Waals surface area (Å²) in [7, 11) is 0. The molecule has 1 saturated carbocycles. The number of nitrogens with zero attached hydrogens (tertiary/aromatic N) is 1. The first-order chi connectivity index (χ1) is 23.4. The third kappa shape index (κ3) is 8.52. The molecule has 5 nitrogen and oxygen atoms in total. The van der Waals surface area contributed by atoms with Gasteiger partial charge in [0.15, 0.2) is 5.78 Å². The number of ketones is 2. The topological polar surface area (TPSA) is 72.8 Å². The van der Waals surface area contributed by atoms with Gasteiger partial charge in [-0.15, -0.1) is 11.8 Å². The number of oxime groups is 1. The maximum absolute atomic E-state index is 13.7. The molecule has 0 bridgehead atoms. The van der Waals surface area contributed by atoms with Gasteiger partial charge in [0.25, 0.3) is 0 Å². The lowest BCUT2D eigenvalue weighted by Gasteiger charge is -2.25. The number of hydrogen-bond donors (Lipinski definition) is 0. The lowest BCUT2D eigenvalue weighted by atomic mass is 9.80. The molecule has 2 aliphatic rings. The second kappa shape index (κ2) is 16.1. The van der Waals surface area contributed by atoms with Crippen molar-refractivity contribution in [2.24, 2.45) is 11.1 Å². The Bertz CT molecular complexity index is 1860. The number of benzene rings is 4. The lowest BCUT2D eigenvalue weighted by molar-refractivity contribution is 0.0514. The van der Waals surface area contributed by atoms with Crippen LogP contribution in [0.25, 0.3) is 0 Å². The van der Waals surface area contributed by atoms with Gasteiger partial charge in [-0.1, -0.05) is 102 Å². The Labute approximate surface area is 290 Å². The van der Waals surface area contributed by atoms with Gasteiger partial charge in [0, 0.05) is 43.9 Å². The van der Waals surface area contributed by atoms with Gasteiger partial charge in [0.05, 0.1) is 5.56 Å². The van der Waals surface area contributed by atoms with Crippen molar-refractivity contribution in [2.75, 3.05) is 5.75 Å². The Hall–Kier alpha value is -4.46. The molecular weight excluding hydrogens is 635 g/mol. The fourth-order valence-corrected chi connectivity index (χ4v) is 7.39. The normalized spacial score (nSPS) is 16.1. The van der Waals surface area contributed by atoms with E-state index in [1.165, 1.54) is 24.8 Å². The average molecular weight is 672 g/mol. The highest BCUT2D eigenvalue weighted by atomic mass is 32.2. The van der Waals surface area contributed by atoms with E-state index in [1.807, 2.05) is 73.7 Å². The first-order valence-corrected chi connectivity index (χ1v) is 18.1. The molecule has 0 saturated heterocycles. The molecule has 0 aliphatic heterocycles. The number of thioether (sulfide) groups is 2. The minimum Gasteiger partial charge on any atom is -0.312 e. The van der Waals surface area contributed by atoms with Crippen LogP contribution < -0.4 is 0 Å². The summed E-state index contributed by atoms with van der Waals surface area (Å²) in [5, 5.41) is 4.12. The Kier molecular flexibility index (Phi) is 11.2. The second-order valence-electron chi connectivity index (χ2n) is 12.0. The van der Waals surface area contributed by atoms with Crippen molar-refractivity contribution in [3.05, 3.63) is 154 Å². The van der Waals surface area contributed by atoms with Crippen LogP contribution in [-0.4, -0.2) is 29.0 Å². The summed E-state index contributed by atoms with van der Waals surface area (Å²) >= 11 is 3.24. The molecule has 0 aromatic heterocycles. The smallest absolute Gasteiger partial charge is 0.312 e. The molecule has 48 heavy (non-hydrogen) atoms. The minimum absolute atomic E-state index is 0.123. The van der Waals surface area contributed by atoms with Crippen molar-refractivity contribution < 1.29 is 19.2 Å². The van der Waals surface area contributed by atoms with Gasteiger partial charge >= 0.3 is 5.97 Å². The molecule has 1 atom stereocenters. The first-order valence-electron chi connectivity index (χ1n) is 16.3. The van der Waals surface area contributed by atoms with E-state index >= 15 is 0 Å². The molecule has 1 fully saturated rings. The summed E-state index contributed by atoms with van der Waals surface area (Å²) in [4.78, 5) is 47.8. The van der Waals surface area contributed by atoms with Crippen molar-refractivity contribution in [3.8, 4) is 0 Å². The van der Waals surface area contributed by atoms with Crippen molar-refractivity contribution in [1.82, 2.24) is 0 Å². The molecule has 0 spiro atoms. The van der Waals surface area contributed by atoms with Gasteiger partial charge in [-0.2, -0.15) is 0 Å². The molecule has 4 aromatic carbocycles. The molecule has 242 valence electrons. The van der Waals surface area contributed by atoms with Crippen LogP contribution in [0.5, 0.6) is 0 Å². The summed E-state index contributed by atoms with van der Waals surface area (Å²) in [5.41, 5.74) is 3.98. The highest BCUT2D eigenvalue weighted by molar-refractivity contribution is 8.03. The van der Waals surface area contributed by atoms with Gasteiger partial charge in [0.1, 0.15) is 5.71 Å². The Morgan fingerprint density at radius 2 is 1.52 bits per heavy atom. The van der Waals surface area contributed by atoms with Crippen molar-refractivity contribution in [3.63, 3.8) is 0 Å². The first kappa shape index (κ1) is 33.4. The highest BCUT2D eigenvalue weighted by Gasteiger charge is 2.21. The molecule has 1 unspecified atom stereocenters. The van der Waals surface area contributed by atoms with E-state index in [4.69, 9.17) is 4.84 Å². The van der Waals surface area contributed by atoms with Crippen molar-refractivity contribution in [1.29, 1.82) is 0 Å². The van der Waals surface area contributed by atoms with Crippen LogP contribution in [0.3, 0.4) is 0 Å². The Balaban J connectivity index is 1.10. The predicted octanol–water partition coefficient (Wildman–Crippen LogP) is 10.3. The summed E-state index contributed by atoms with van der Waals surface area (Å²) in [6.45, 7) is 1.83. The lowest BCUT2D eigenvalue weighted by Crippen LogP contribution is -2.17. The predicted molar refractivity (Wildman–Crippen MR) is 195 cm³/mol. The zero-order valence-electron chi connectivity index (χ0n) is 26.8. The van der Waals surface area contributed by atoms with Gasteiger partial charge < -0.3 is 4.84 Å². The monoisotopic (exact) mass is 671 g/mol. The summed E-state index contributed by atoms with van der Waals surface area (Å²) < 4.78 is 0. The van der Waals surface area contributed by atoms with Crippen LogP contribution >= 0.6 is 23.5 Å². The summed E-state index contributed by atoms with van der Waals surface area (Å²) in [6.07, 6.45) is 10.9. The van der Waals surface area contributed by atoms with Gasteiger partial charge in [-0.3, -0.25) is 9.59 Å². The fourth-order valence-electron chi connectivity index (χ4n) is 5.66. The summed E-state index contributed by atoms with van der Waals surface area (Å²) in [5.74, 6) is 0.385. The Morgan fingerprint density at radius 3 is 2.19 bits per heavy atom. The van der Waals surface area contributed by atoms with Crippen LogP contribution in [0.1, 0.15) is 80.2 Å². The quantitative estimate of drug-likeness (QED) is 0.0463. The summed E-state index contributed by atoms with van der Waals surface area (Å²) in [6, 6.07) is 32.6. The maximum atomic E-state index is 13.7. The van der Waals surface area contributed by atoms with Crippen LogP contribution in [0, 0.1) is 12.8 Å². The molecule has 4 aromatic rings. The molecule has 0 N–H and O–H groups in total. The zero-order valence-corrected chi connectivity index (χ0v) is 28.5. The van der Waals surface area contributed by atoms with Crippen molar-refractivity contribution in [2.45, 2.75) is 54.7 Å². The molecule has 0 amide bonds. The highest BCUT2D eigenvalue weighted by Crippen LogP contribution is 2.37. The van der Waals surface area contributed by atoms with Gasteiger partial charge in [-0.25, -0.2) is 4.79 Å². The molecular formula is C41H37NO4S2. The average Bonchev–Trinajstić information content (AvgIpc) is 3.10. The number of carbonyl (C=O) groups is 3. The largest absolute Gasteiger partial charge is 0.366 e. The Morgan fingerprint density at radius 1 is 0.812 bits per heavy atom. The standard InChI is InChI=1S/C41H37NO4S2/c1-28-8-5-6-13-37(28)41(45)46-42-38(26-27-47-34-20-14-30(15-21-34)29-11-7-12-29)40(44)33-18-24-36(25-19-33)48-35-22-16-32(17-23-35)39(43)31-9-3-2-4-10-31/h2-6,8-10,13-16,18-25,29,32H,7,11-12,17,26-27H2,1H3. The molecule has 0 heterocycles.